The molecule has 6 heteroatoms. The SMILES string of the molecule is O=c1c2nccnc2ncn1C1CCNCC1. The third-order valence-corrected chi connectivity index (χ3v) is 3.12. The monoisotopic (exact) mass is 231 g/mol. The van der Waals surface area contributed by atoms with Crippen molar-refractivity contribution in [1.29, 1.82) is 0 Å². The molecule has 0 saturated carbocycles. The molecule has 3 heterocycles. The minimum absolute atomic E-state index is 0.0880. The molecule has 1 saturated heterocycles. The number of nitrogens with one attached hydrogen (secondary N) is 1. The van der Waals surface area contributed by atoms with Crippen LogP contribution in [-0.2, 0) is 0 Å². The highest BCUT2D eigenvalue weighted by atomic mass is 16.1. The Hall–Kier alpha value is -1.82. The zero-order chi connectivity index (χ0) is 11.7. The van der Waals surface area contributed by atoms with Crippen LogP contribution in [0.15, 0.2) is 23.5 Å². The fraction of sp³-hybridized carbons (Fsp3) is 0.455. The molecule has 0 unspecified atom stereocenters. The van der Waals surface area contributed by atoms with E-state index in [0.29, 0.717) is 11.2 Å². The van der Waals surface area contributed by atoms with Crippen molar-refractivity contribution < 1.29 is 0 Å². The van der Waals surface area contributed by atoms with E-state index in [1.165, 1.54) is 6.20 Å². The van der Waals surface area contributed by atoms with E-state index in [4.69, 9.17) is 0 Å². The first-order valence-corrected chi connectivity index (χ1v) is 5.75. The van der Waals surface area contributed by atoms with Gasteiger partial charge in [-0.25, -0.2) is 15.0 Å². The molecule has 0 aromatic carbocycles. The van der Waals surface area contributed by atoms with Crippen LogP contribution in [-0.4, -0.2) is 32.6 Å². The zero-order valence-corrected chi connectivity index (χ0v) is 9.33. The summed E-state index contributed by atoms with van der Waals surface area (Å²) in [6, 6.07) is 0.225. The standard InChI is InChI=1S/C11H13N5O/c17-11-9-10(14-6-5-13-9)15-7-16(11)8-1-3-12-4-2-8/h5-8,12H,1-4H2. The molecule has 1 fully saturated rings. The Morgan fingerprint density at radius 2 is 1.94 bits per heavy atom. The van der Waals surface area contributed by atoms with E-state index in [-0.39, 0.29) is 11.6 Å². The number of aromatic nitrogens is 4. The van der Waals surface area contributed by atoms with Crippen LogP contribution in [0.25, 0.3) is 11.2 Å². The van der Waals surface area contributed by atoms with E-state index >= 15 is 0 Å². The van der Waals surface area contributed by atoms with Crippen molar-refractivity contribution in [2.75, 3.05) is 13.1 Å². The van der Waals surface area contributed by atoms with Crippen molar-refractivity contribution in [3.8, 4) is 0 Å². The minimum Gasteiger partial charge on any atom is -0.317 e. The van der Waals surface area contributed by atoms with Crippen molar-refractivity contribution in [2.45, 2.75) is 18.9 Å². The molecular formula is C11H13N5O. The first kappa shape index (κ1) is 10.3. The van der Waals surface area contributed by atoms with Crippen LogP contribution < -0.4 is 10.9 Å². The van der Waals surface area contributed by atoms with Gasteiger partial charge in [-0.3, -0.25) is 9.36 Å². The van der Waals surface area contributed by atoms with Crippen molar-refractivity contribution in [3.05, 3.63) is 29.1 Å². The van der Waals surface area contributed by atoms with Crippen LogP contribution in [0, 0.1) is 0 Å². The van der Waals surface area contributed by atoms with Gasteiger partial charge in [0.25, 0.3) is 5.56 Å². The maximum Gasteiger partial charge on any atom is 0.281 e. The average Bonchev–Trinajstić information content (AvgIpc) is 2.40. The van der Waals surface area contributed by atoms with Crippen LogP contribution in [0.1, 0.15) is 18.9 Å². The number of nitrogens with zero attached hydrogens (tertiary/aromatic N) is 4. The van der Waals surface area contributed by atoms with Gasteiger partial charge in [-0.15, -0.1) is 0 Å². The molecule has 6 nitrogen and oxygen atoms in total. The molecule has 2 aromatic heterocycles. The molecular weight excluding hydrogens is 218 g/mol. The summed E-state index contributed by atoms with van der Waals surface area (Å²) in [5.41, 5.74) is 0.686. The first-order valence-electron chi connectivity index (χ1n) is 5.75. The largest absolute Gasteiger partial charge is 0.317 e. The van der Waals surface area contributed by atoms with E-state index in [1.54, 1.807) is 17.1 Å². The Labute approximate surface area is 97.7 Å². The van der Waals surface area contributed by atoms with E-state index in [2.05, 4.69) is 20.3 Å². The van der Waals surface area contributed by atoms with Gasteiger partial charge in [-0.05, 0) is 25.9 Å². The molecule has 17 heavy (non-hydrogen) atoms. The number of piperidine rings is 1. The molecule has 1 aliphatic heterocycles. The Morgan fingerprint density at radius 3 is 2.76 bits per heavy atom. The number of fused-ring (bicyclic) bond motifs is 1. The third kappa shape index (κ3) is 1.80. The van der Waals surface area contributed by atoms with Gasteiger partial charge in [0.1, 0.15) is 6.33 Å². The van der Waals surface area contributed by atoms with E-state index < -0.39 is 0 Å². The smallest absolute Gasteiger partial charge is 0.281 e. The molecule has 0 atom stereocenters. The second kappa shape index (κ2) is 4.21. The van der Waals surface area contributed by atoms with E-state index in [0.717, 1.165) is 25.9 Å². The van der Waals surface area contributed by atoms with Crippen LogP contribution in [0.3, 0.4) is 0 Å². The number of rotatable bonds is 1. The van der Waals surface area contributed by atoms with Gasteiger partial charge >= 0.3 is 0 Å². The highest BCUT2D eigenvalue weighted by Crippen LogP contribution is 2.16. The second-order valence-electron chi connectivity index (χ2n) is 4.17. The van der Waals surface area contributed by atoms with Crippen LogP contribution in [0.4, 0.5) is 0 Å². The molecule has 0 bridgehead atoms. The third-order valence-electron chi connectivity index (χ3n) is 3.12. The Balaban J connectivity index is 2.11. The van der Waals surface area contributed by atoms with Gasteiger partial charge in [-0.2, -0.15) is 0 Å². The number of hydrogen-bond acceptors (Lipinski definition) is 5. The summed E-state index contributed by atoms with van der Waals surface area (Å²) in [7, 11) is 0. The highest BCUT2D eigenvalue weighted by Gasteiger charge is 2.17. The summed E-state index contributed by atoms with van der Waals surface area (Å²) in [6.45, 7) is 1.88. The van der Waals surface area contributed by atoms with Gasteiger partial charge < -0.3 is 5.32 Å². The zero-order valence-electron chi connectivity index (χ0n) is 9.33. The molecule has 0 aliphatic carbocycles. The summed E-state index contributed by atoms with van der Waals surface area (Å²) in [5.74, 6) is 0. The Morgan fingerprint density at radius 1 is 1.18 bits per heavy atom. The van der Waals surface area contributed by atoms with Crippen molar-refractivity contribution >= 4 is 11.2 Å². The maximum atomic E-state index is 12.2. The molecule has 0 radical (unpaired) electrons. The maximum absolute atomic E-state index is 12.2. The van der Waals surface area contributed by atoms with Crippen LogP contribution >= 0.6 is 0 Å². The lowest BCUT2D eigenvalue weighted by Crippen LogP contribution is -2.34. The lowest BCUT2D eigenvalue weighted by atomic mass is 10.1. The van der Waals surface area contributed by atoms with E-state index in [1.807, 2.05) is 0 Å². The topological polar surface area (TPSA) is 72.7 Å². The fourth-order valence-electron chi connectivity index (χ4n) is 2.21. The van der Waals surface area contributed by atoms with Gasteiger partial charge in [0.2, 0.25) is 0 Å². The van der Waals surface area contributed by atoms with Gasteiger partial charge in [0, 0.05) is 18.4 Å². The van der Waals surface area contributed by atoms with E-state index in [9.17, 15) is 4.79 Å². The van der Waals surface area contributed by atoms with Crippen LogP contribution in [0.5, 0.6) is 0 Å². The number of hydrogen-bond donors (Lipinski definition) is 1. The lowest BCUT2D eigenvalue weighted by Gasteiger charge is -2.24. The minimum atomic E-state index is -0.0880. The summed E-state index contributed by atoms with van der Waals surface area (Å²) < 4.78 is 1.69. The first-order chi connectivity index (χ1) is 8.36. The van der Waals surface area contributed by atoms with Crippen molar-refractivity contribution in [2.24, 2.45) is 0 Å². The highest BCUT2D eigenvalue weighted by molar-refractivity contribution is 5.66. The molecule has 88 valence electrons. The molecule has 0 spiro atoms. The average molecular weight is 231 g/mol. The van der Waals surface area contributed by atoms with Gasteiger partial charge in [-0.1, -0.05) is 0 Å². The molecule has 3 rings (SSSR count). The van der Waals surface area contributed by atoms with Crippen molar-refractivity contribution in [3.63, 3.8) is 0 Å². The van der Waals surface area contributed by atoms with Crippen LogP contribution in [0.2, 0.25) is 0 Å². The Bertz CT molecular complexity index is 588. The molecule has 0 amide bonds. The molecule has 2 aromatic rings. The fourth-order valence-corrected chi connectivity index (χ4v) is 2.21. The normalized spacial score (nSPS) is 17.4. The van der Waals surface area contributed by atoms with Gasteiger partial charge in [0.05, 0.1) is 0 Å². The summed E-state index contributed by atoms with van der Waals surface area (Å²) in [4.78, 5) is 24.5. The summed E-state index contributed by atoms with van der Waals surface area (Å²) in [6.07, 6.45) is 6.57. The Kier molecular flexibility index (Phi) is 2.56. The second-order valence-corrected chi connectivity index (χ2v) is 4.17. The molecule has 1 N–H and O–H groups in total. The summed E-state index contributed by atoms with van der Waals surface area (Å²) >= 11 is 0. The predicted octanol–water partition coefficient (Wildman–Crippen LogP) is 0.111. The predicted molar refractivity (Wildman–Crippen MR) is 62.7 cm³/mol. The van der Waals surface area contributed by atoms with Crippen molar-refractivity contribution in [1.82, 2.24) is 24.8 Å². The lowest BCUT2D eigenvalue weighted by molar-refractivity contribution is 0.359. The van der Waals surface area contributed by atoms with Gasteiger partial charge in [0.15, 0.2) is 11.2 Å². The quantitative estimate of drug-likeness (QED) is 0.754. The molecule has 1 aliphatic rings. The summed E-state index contributed by atoms with van der Waals surface area (Å²) in [5, 5.41) is 3.28.